The van der Waals surface area contributed by atoms with Gasteiger partial charge in [-0.05, 0) is 42.7 Å². The van der Waals surface area contributed by atoms with Gasteiger partial charge in [0.1, 0.15) is 16.9 Å². The van der Waals surface area contributed by atoms with Gasteiger partial charge in [-0.2, -0.15) is 0 Å². The molecule has 1 saturated heterocycles. The van der Waals surface area contributed by atoms with E-state index in [2.05, 4.69) is 20.9 Å². The summed E-state index contributed by atoms with van der Waals surface area (Å²) in [5.41, 5.74) is 1.18. The summed E-state index contributed by atoms with van der Waals surface area (Å²) in [5, 5.41) is 9.03. The largest absolute Gasteiger partial charge is 0.497 e. The molecule has 146 valence electrons. The molecule has 2 heterocycles. The number of nitrogens with one attached hydrogen (secondary N) is 3. The van der Waals surface area contributed by atoms with E-state index in [9.17, 15) is 9.59 Å². The number of benzene rings is 1. The lowest BCUT2D eigenvalue weighted by Gasteiger charge is -2.22. The van der Waals surface area contributed by atoms with Gasteiger partial charge in [0.15, 0.2) is 0 Å². The number of aromatic nitrogens is 1. The minimum atomic E-state index is -0.642. The number of methoxy groups -OCH3 is 1. The first kappa shape index (κ1) is 18.6. The van der Waals surface area contributed by atoms with Crippen LogP contribution in [0, 0.1) is 0 Å². The summed E-state index contributed by atoms with van der Waals surface area (Å²) in [6.07, 6.45) is 1.57. The predicted molar refractivity (Wildman–Crippen MR) is 104 cm³/mol. The van der Waals surface area contributed by atoms with E-state index in [0.717, 1.165) is 29.8 Å². The first-order valence-corrected chi connectivity index (χ1v) is 9.52. The van der Waals surface area contributed by atoms with Crippen molar-refractivity contribution in [3.63, 3.8) is 0 Å². The fourth-order valence-corrected chi connectivity index (χ4v) is 3.75. The molecule has 8 heteroatoms. The molecule has 1 aromatic heterocycles. The van der Waals surface area contributed by atoms with Crippen molar-refractivity contribution < 1.29 is 14.3 Å². The van der Waals surface area contributed by atoms with Crippen LogP contribution in [0.1, 0.15) is 30.0 Å². The Hall–Kier alpha value is -2.80. The number of hydrogen-bond acceptors (Lipinski definition) is 4. The van der Waals surface area contributed by atoms with Gasteiger partial charge >= 0.3 is 6.03 Å². The third kappa shape index (κ3) is 3.62. The lowest BCUT2D eigenvalue weighted by molar-refractivity contribution is -0.120. The van der Waals surface area contributed by atoms with Crippen LogP contribution in [-0.4, -0.2) is 36.6 Å². The van der Waals surface area contributed by atoms with Gasteiger partial charge in [-0.15, -0.1) is 0 Å². The van der Waals surface area contributed by atoms with Crippen LogP contribution in [0.3, 0.4) is 0 Å². The second-order valence-corrected chi connectivity index (χ2v) is 7.52. The van der Waals surface area contributed by atoms with Crippen LogP contribution in [0.4, 0.5) is 4.79 Å². The zero-order valence-corrected chi connectivity index (χ0v) is 16.1. The zero-order valence-electron chi connectivity index (χ0n) is 15.4. The van der Waals surface area contributed by atoms with E-state index < -0.39 is 11.6 Å². The average Bonchev–Trinajstić information content (AvgIpc) is 3.39. The van der Waals surface area contributed by atoms with Crippen molar-refractivity contribution in [2.45, 2.75) is 30.3 Å². The molecule has 1 aliphatic heterocycles. The lowest BCUT2D eigenvalue weighted by atomic mass is 9.94. The highest BCUT2D eigenvalue weighted by Crippen LogP contribution is 2.44. The Balaban J connectivity index is 1.46. The molecule has 3 amide bonds. The van der Waals surface area contributed by atoms with Crippen molar-refractivity contribution in [1.29, 1.82) is 0 Å². The van der Waals surface area contributed by atoms with E-state index in [0.29, 0.717) is 11.7 Å². The highest BCUT2D eigenvalue weighted by atomic mass is 35.5. The van der Waals surface area contributed by atoms with Gasteiger partial charge in [-0.1, -0.05) is 29.8 Å². The summed E-state index contributed by atoms with van der Waals surface area (Å²) in [4.78, 5) is 29.3. The van der Waals surface area contributed by atoms with Gasteiger partial charge < -0.3 is 20.7 Å². The van der Waals surface area contributed by atoms with Crippen LogP contribution in [0.25, 0.3) is 0 Å². The standard InChI is InChI=1S/C20H21ClN4O3/c1-28-13-7-5-12(6-8-13)14-11-22-18(26)17(14)24-19(27)25-20(9-10-20)15-3-2-4-16(21)23-15/h2-8,14,17H,9-11H2,1H3,(H,22,26)(H2,24,25,27)/t14-,17-/m0/s1. The van der Waals surface area contributed by atoms with Gasteiger partial charge in [0.25, 0.3) is 0 Å². The molecule has 0 spiro atoms. The van der Waals surface area contributed by atoms with Gasteiger partial charge in [0.2, 0.25) is 5.91 Å². The maximum absolute atomic E-state index is 12.7. The highest BCUT2D eigenvalue weighted by Gasteiger charge is 2.48. The molecule has 2 fully saturated rings. The van der Waals surface area contributed by atoms with Crippen molar-refractivity contribution in [3.8, 4) is 5.75 Å². The monoisotopic (exact) mass is 400 g/mol. The fraction of sp³-hybridized carbons (Fsp3) is 0.350. The molecule has 28 heavy (non-hydrogen) atoms. The number of urea groups is 1. The van der Waals surface area contributed by atoms with Crippen LogP contribution in [0.2, 0.25) is 5.15 Å². The maximum Gasteiger partial charge on any atom is 0.316 e. The molecule has 0 radical (unpaired) electrons. The van der Waals surface area contributed by atoms with Crippen LogP contribution in [0.15, 0.2) is 42.5 Å². The first-order valence-electron chi connectivity index (χ1n) is 9.14. The molecular weight excluding hydrogens is 380 g/mol. The van der Waals surface area contributed by atoms with Gasteiger partial charge in [0.05, 0.1) is 18.3 Å². The van der Waals surface area contributed by atoms with Gasteiger partial charge in [0, 0.05) is 12.5 Å². The molecule has 0 bridgehead atoms. The second-order valence-electron chi connectivity index (χ2n) is 7.13. The predicted octanol–water partition coefficient (Wildman–Crippen LogP) is 2.31. The first-order chi connectivity index (χ1) is 13.5. The molecule has 2 aliphatic rings. The number of ether oxygens (including phenoxy) is 1. The molecule has 1 saturated carbocycles. The Bertz CT molecular complexity index is 899. The minimum absolute atomic E-state index is 0.149. The summed E-state index contributed by atoms with van der Waals surface area (Å²) in [6.45, 7) is 0.469. The lowest BCUT2D eigenvalue weighted by Crippen LogP contribution is -2.50. The van der Waals surface area contributed by atoms with Crippen LogP contribution < -0.4 is 20.7 Å². The second kappa shape index (κ2) is 7.31. The Morgan fingerprint density at radius 3 is 2.64 bits per heavy atom. The molecule has 1 aliphatic carbocycles. The minimum Gasteiger partial charge on any atom is -0.497 e. The van der Waals surface area contributed by atoms with E-state index in [-0.39, 0.29) is 17.9 Å². The number of hydrogen-bond donors (Lipinski definition) is 3. The Morgan fingerprint density at radius 1 is 1.25 bits per heavy atom. The SMILES string of the molecule is COc1ccc([C@@H]2CNC(=O)[C@H]2NC(=O)NC2(c3cccc(Cl)n3)CC2)cc1. The number of rotatable bonds is 5. The number of nitrogens with zero attached hydrogens (tertiary/aromatic N) is 1. The highest BCUT2D eigenvalue weighted by molar-refractivity contribution is 6.29. The zero-order chi connectivity index (χ0) is 19.7. The topological polar surface area (TPSA) is 92.4 Å². The average molecular weight is 401 g/mol. The molecule has 2 atom stereocenters. The summed E-state index contributed by atoms with van der Waals surface area (Å²) >= 11 is 5.98. The molecule has 2 aromatic rings. The summed E-state index contributed by atoms with van der Waals surface area (Å²) in [6, 6.07) is 11.8. The number of carbonyl (C=O) groups excluding carboxylic acids is 2. The van der Waals surface area contributed by atoms with Gasteiger partial charge in [-0.3, -0.25) is 4.79 Å². The van der Waals surface area contributed by atoms with E-state index in [1.807, 2.05) is 36.4 Å². The van der Waals surface area contributed by atoms with Crippen molar-refractivity contribution in [2.75, 3.05) is 13.7 Å². The number of carbonyl (C=O) groups is 2. The van der Waals surface area contributed by atoms with E-state index >= 15 is 0 Å². The van der Waals surface area contributed by atoms with Crippen molar-refractivity contribution in [2.24, 2.45) is 0 Å². The number of amides is 3. The van der Waals surface area contributed by atoms with E-state index in [1.54, 1.807) is 13.2 Å². The molecule has 3 N–H and O–H groups in total. The number of pyridine rings is 1. The Labute approximate surface area is 167 Å². The Kier molecular flexibility index (Phi) is 4.85. The molecular formula is C20H21ClN4O3. The van der Waals surface area contributed by atoms with E-state index in [1.165, 1.54) is 0 Å². The van der Waals surface area contributed by atoms with Crippen molar-refractivity contribution >= 4 is 23.5 Å². The Morgan fingerprint density at radius 2 is 2.00 bits per heavy atom. The fourth-order valence-electron chi connectivity index (χ4n) is 3.59. The van der Waals surface area contributed by atoms with E-state index in [4.69, 9.17) is 16.3 Å². The van der Waals surface area contributed by atoms with Crippen molar-refractivity contribution in [1.82, 2.24) is 20.9 Å². The third-order valence-corrected chi connectivity index (χ3v) is 5.53. The molecule has 0 unspecified atom stereocenters. The van der Waals surface area contributed by atoms with Crippen LogP contribution in [0.5, 0.6) is 5.75 Å². The smallest absolute Gasteiger partial charge is 0.316 e. The van der Waals surface area contributed by atoms with Crippen molar-refractivity contribution in [3.05, 3.63) is 58.9 Å². The molecule has 7 nitrogen and oxygen atoms in total. The molecule has 4 rings (SSSR count). The van der Waals surface area contributed by atoms with Crippen LogP contribution in [-0.2, 0) is 10.3 Å². The summed E-state index contributed by atoms with van der Waals surface area (Å²) < 4.78 is 5.18. The summed E-state index contributed by atoms with van der Waals surface area (Å²) in [5.74, 6) is 0.401. The quantitative estimate of drug-likeness (QED) is 0.671. The third-order valence-electron chi connectivity index (χ3n) is 5.32. The number of halogens is 1. The van der Waals surface area contributed by atoms with Crippen LogP contribution >= 0.6 is 11.6 Å². The normalized spacial score (nSPS) is 22.3. The maximum atomic E-state index is 12.7. The molecule has 1 aromatic carbocycles. The summed E-state index contributed by atoms with van der Waals surface area (Å²) in [7, 11) is 1.60. The van der Waals surface area contributed by atoms with Gasteiger partial charge in [-0.25, -0.2) is 9.78 Å².